The number of rotatable bonds is 5. The Bertz CT molecular complexity index is 683. The molecule has 0 radical (unpaired) electrons. The fourth-order valence-electron chi connectivity index (χ4n) is 2.13. The van der Waals surface area contributed by atoms with E-state index in [1.54, 1.807) is 54.9 Å². The Labute approximate surface area is 126 Å². The molecule has 0 N–H and O–H groups in total. The summed E-state index contributed by atoms with van der Waals surface area (Å²) in [6.07, 6.45) is 3.90. The average molecular weight is 304 g/mol. The average Bonchev–Trinajstić information content (AvgIpc) is 2.49. The summed E-state index contributed by atoms with van der Waals surface area (Å²) in [5.74, 6) is 0. The van der Waals surface area contributed by atoms with Crippen LogP contribution in [0.3, 0.4) is 0 Å². The van der Waals surface area contributed by atoms with Gasteiger partial charge in [0.05, 0.1) is 22.3 Å². The van der Waals surface area contributed by atoms with E-state index < -0.39 is 15.6 Å². The first-order chi connectivity index (χ1) is 9.89. The molecule has 2 rings (SSSR count). The van der Waals surface area contributed by atoms with Gasteiger partial charge in [0, 0.05) is 6.20 Å². The van der Waals surface area contributed by atoms with Crippen molar-refractivity contribution in [2.75, 3.05) is 4.31 Å². The number of nitrogens with zero attached hydrogens (tertiary/aromatic N) is 2. The molecule has 1 aromatic carbocycles. The molecule has 2 aromatic rings. The van der Waals surface area contributed by atoms with Gasteiger partial charge >= 0.3 is 0 Å². The molecule has 21 heavy (non-hydrogen) atoms. The molecular weight excluding hydrogens is 284 g/mol. The number of anilines is 1. The van der Waals surface area contributed by atoms with Crippen LogP contribution >= 0.6 is 0 Å². The van der Waals surface area contributed by atoms with Gasteiger partial charge in [-0.25, -0.2) is 8.42 Å². The molecule has 0 aliphatic heterocycles. The van der Waals surface area contributed by atoms with Crippen molar-refractivity contribution in [3.8, 4) is 0 Å². The molecule has 0 fully saturated rings. The Balaban J connectivity index is 2.62. The van der Waals surface area contributed by atoms with E-state index >= 15 is 0 Å². The third-order valence-electron chi connectivity index (χ3n) is 3.58. The molecule has 1 heterocycles. The van der Waals surface area contributed by atoms with Gasteiger partial charge in [-0.15, -0.1) is 0 Å². The van der Waals surface area contributed by atoms with Crippen LogP contribution in [0.4, 0.5) is 5.69 Å². The van der Waals surface area contributed by atoms with Crippen LogP contribution in [0.1, 0.15) is 27.2 Å². The van der Waals surface area contributed by atoms with Crippen molar-refractivity contribution in [2.45, 2.75) is 37.6 Å². The van der Waals surface area contributed by atoms with Gasteiger partial charge in [0.15, 0.2) is 0 Å². The maximum atomic E-state index is 13.0. The van der Waals surface area contributed by atoms with Crippen molar-refractivity contribution in [2.24, 2.45) is 0 Å². The van der Waals surface area contributed by atoms with E-state index in [2.05, 4.69) is 4.98 Å². The zero-order chi connectivity index (χ0) is 15.5. The highest BCUT2D eigenvalue weighted by atomic mass is 32.2. The standard InChI is InChI=1S/C16H20N2O2S/c1-4-16(2,3)18(14-9-8-12-17-13-14)21(19,20)15-10-6-5-7-11-15/h5-13H,4H2,1-3H3. The Kier molecular flexibility index (Phi) is 4.32. The van der Waals surface area contributed by atoms with Gasteiger partial charge in [-0.1, -0.05) is 25.1 Å². The van der Waals surface area contributed by atoms with Gasteiger partial charge in [0.25, 0.3) is 10.0 Å². The van der Waals surface area contributed by atoms with Crippen LogP contribution < -0.4 is 4.31 Å². The monoisotopic (exact) mass is 304 g/mol. The van der Waals surface area contributed by atoms with Crippen LogP contribution in [-0.2, 0) is 10.0 Å². The first-order valence-electron chi connectivity index (χ1n) is 6.90. The molecule has 0 unspecified atom stereocenters. The van der Waals surface area contributed by atoms with Crippen LogP contribution in [0.25, 0.3) is 0 Å². The molecule has 0 spiro atoms. The molecular formula is C16H20N2O2S. The Hall–Kier alpha value is -1.88. The largest absolute Gasteiger partial charge is 0.264 e. The topological polar surface area (TPSA) is 50.3 Å². The van der Waals surface area contributed by atoms with Crippen molar-refractivity contribution in [3.05, 3.63) is 54.9 Å². The molecule has 0 aliphatic rings. The highest BCUT2D eigenvalue weighted by Gasteiger charge is 2.36. The minimum absolute atomic E-state index is 0.287. The Morgan fingerprint density at radius 3 is 2.29 bits per heavy atom. The van der Waals surface area contributed by atoms with Crippen LogP contribution in [0.5, 0.6) is 0 Å². The van der Waals surface area contributed by atoms with E-state index in [9.17, 15) is 8.42 Å². The second-order valence-electron chi connectivity index (χ2n) is 5.46. The summed E-state index contributed by atoms with van der Waals surface area (Å²) >= 11 is 0. The summed E-state index contributed by atoms with van der Waals surface area (Å²) in [4.78, 5) is 4.34. The number of benzene rings is 1. The summed E-state index contributed by atoms with van der Waals surface area (Å²) < 4.78 is 27.5. The third kappa shape index (κ3) is 3.08. The first kappa shape index (κ1) is 15.5. The zero-order valence-corrected chi connectivity index (χ0v) is 13.3. The van der Waals surface area contributed by atoms with Crippen molar-refractivity contribution < 1.29 is 8.42 Å². The van der Waals surface area contributed by atoms with Gasteiger partial charge in [-0.05, 0) is 44.5 Å². The van der Waals surface area contributed by atoms with Crippen molar-refractivity contribution in [1.82, 2.24) is 4.98 Å². The van der Waals surface area contributed by atoms with Crippen molar-refractivity contribution in [3.63, 3.8) is 0 Å². The van der Waals surface area contributed by atoms with E-state index in [0.717, 1.165) is 0 Å². The van der Waals surface area contributed by atoms with Crippen molar-refractivity contribution >= 4 is 15.7 Å². The molecule has 0 amide bonds. The number of pyridine rings is 1. The minimum Gasteiger partial charge on any atom is -0.263 e. The summed E-state index contributed by atoms with van der Waals surface area (Å²) in [6.45, 7) is 5.81. The Morgan fingerprint density at radius 2 is 1.76 bits per heavy atom. The van der Waals surface area contributed by atoms with E-state index in [-0.39, 0.29) is 4.90 Å². The lowest BCUT2D eigenvalue weighted by Crippen LogP contribution is -2.47. The first-order valence-corrected chi connectivity index (χ1v) is 8.34. The van der Waals surface area contributed by atoms with Crippen LogP contribution in [-0.4, -0.2) is 18.9 Å². The maximum Gasteiger partial charge on any atom is 0.264 e. The quantitative estimate of drug-likeness (QED) is 0.850. The Morgan fingerprint density at radius 1 is 1.10 bits per heavy atom. The second kappa shape index (κ2) is 5.85. The van der Waals surface area contributed by atoms with Crippen LogP contribution in [0.2, 0.25) is 0 Å². The minimum atomic E-state index is -3.63. The zero-order valence-electron chi connectivity index (χ0n) is 12.5. The van der Waals surface area contributed by atoms with E-state index in [1.165, 1.54) is 4.31 Å². The molecule has 0 atom stereocenters. The lowest BCUT2D eigenvalue weighted by atomic mass is 10.0. The summed E-state index contributed by atoms with van der Waals surface area (Å²) in [5, 5.41) is 0. The lowest BCUT2D eigenvalue weighted by molar-refractivity contribution is 0.485. The van der Waals surface area contributed by atoms with E-state index in [1.807, 2.05) is 20.8 Å². The maximum absolute atomic E-state index is 13.0. The van der Waals surface area contributed by atoms with Gasteiger partial charge in [-0.2, -0.15) is 0 Å². The fraction of sp³-hybridized carbons (Fsp3) is 0.312. The molecule has 0 saturated heterocycles. The predicted octanol–water partition coefficient (Wildman–Crippen LogP) is 3.47. The molecule has 1 aromatic heterocycles. The van der Waals surface area contributed by atoms with Crippen LogP contribution in [0, 0.1) is 0 Å². The predicted molar refractivity (Wildman–Crippen MR) is 84.7 cm³/mol. The highest BCUT2D eigenvalue weighted by molar-refractivity contribution is 7.92. The molecule has 112 valence electrons. The number of aromatic nitrogens is 1. The molecule has 0 aliphatic carbocycles. The number of sulfonamides is 1. The fourth-order valence-corrected chi connectivity index (χ4v) is 4.01. The van der Waals surface area contributed by atoms with Gasteiger partial charge in [0.2, 0.25) is 0 Å². The highest BCUT2D eigenvalue weighted by Crippen LogP contribution is 2.32. The number of hydrogen-bond acceptors (Lipinski definition) is 3. The summed E-state index contributed by atoms with van der Waals surface area (Å²) in [5.41, 5.74) is 0.0331. The van der Waals surface area contributed by atoms with E-state index in [4.69, 9.17) is 0 Å². The molecule has 0 bridgehead atoms. The van der Waals surface area contributed by atoms with Crippen molar-refractivity contribution in [1.29, 1.82) is 0 Å². The number of hydrogen-bond donors (Lipinski definition) is 0. The summed E-state index contributed by atoms with van der Waals surface area (Å²) in [6, 6.07) is 12.0. The molecule has 0 saturated carbocycles. The van der Waals surface area contributed by atoms with E-state index in [0.29, 0.717) is 12.1 Å². The molecule has 4 nitrogen and oxygen atoms in total. The van der Waals surface area contributed by atoms with Crippen LogP contribution in [0.15, 0.2) is 59.8 Å². The van der Waals surface area contributed by atoms with Gasteiger partial charge in [0.1, 0.15) is 0 Å². The summed E-state index contributed by atoms with van der Waals surface area (Å²) in [7, 11) is -3.63. The third-order valence-corrected chi connectivity index (χ3v) is 5.63. The normalized spacial score (nSPS) is 12.1. The smallest absolute Gasteiger partial charge is 0.263 e. The molecule has 5 heteroatoms. The SMILES string of the molecule is CCC(C)(C)N(c1cccnc1)S(=O)(=O)c1ccccc1. The van der Waals surface area contributed by atoms with Gasteiger partial charge < -0.3 is 0 Å². The lowest BCUT2D eigenvalue weighted by Gasteiger charge is -2.38. The van der Waals surface area contributed by atoms with Gasteiger partial charge in [-0.3, -0.25) is 9.29 Å². The second-order valence-corrected chi connectivity index (χ2v) is 7.25.